The predicted octanol–water partition coefficient (Wildman–Crippen LogP) is 5.25. The Morgan fingerprint density at radius 2 is 1.94 bits per heavy atom. The third-order valence-electron chi connectivity index (χ3n) is 7.07. The fraction of sp³-hybridized carbons (Fsp3) is 0.429. The molecule has 5 rings (SSSR count). The van der Waals surface area contributed by atoms with Crippen molar-refractivity contribution in [2.75, 3.05) is 29.9 Å². The molecule has 0 aromatic heterocycles. The molecule has 2 atom stereocenters. The van der Waals surface area contributed by atoms with Crippen LogP contribution in [0.4, 0.5) is 11.4 Å². The van der Waals surface area contributed by atoms with Gasteiger partial charge in [-0.25, -0.2) is 0 Å². The maximum Gasteiger partial charge on any atom is 0.239 e. The highest BCUT2D eigenvalue weighted by atomic mass is 35.5. The number of fused-ring (bicyclic) bond motifs is 1. The number of nitrogens with one attached hydrogen (secondary N) is 2. The molecule has 2 N–H and O–H groups in total. The molecule has 1 amide bonds. The highest BCUT2D eigenvalue weighted by Crippen LogP contribution is 2.49. The van der Waals surface area contributed by atoms with E-state index in [9.17, 15) is 9.59 Å². The number of Topliss-reactive ketones (excluding diaryl/α,β-unsaturated/α-hetero) is 1. The zero-order valence-electron chi connectivity index (χ0n) is 20.3. The minimum Gasteiger partial charge on any atom is -0.376 e. The average molecular weight is 494 g/mol. The van der Waals surface area contributed by atoms with Gasteiger partial charge in [0.25, 0.3) is 0 Å². The number of para-hydroxylation sites is 2. The molecule has 184 valence electrons. The first-order valence-electron chi connectivity index (χ1n) is 12.3. The van der Waals surface area contributed by atoms with Crippen LogP contribution >= 0.6 is 11.6 Å². The Balaban J connectivity index is 1.59. The minimum absolute atomic E-state index is 0.0628. The number of allylic oxidation sites excluding steroid dienone is 1. The van der Waals surface area contributed by atoms with Crippen LogP contribution in [0.3, 0.4) is 0 Å². The average Bonchev–Trinajstić information content (AvgIpc) is 3.29. The Morgan fingerprint density at radius 1 is 1.17 bits per heavy atom. The lowest BCUT2D eigenvalue weighted by Gasteiger charge is -2.38. The summed E-state index contributed by atoms with van der Waals surface area (Å²) in [5.41, 5.74) is 4.01. The molecule has 1 fully saturated rings. The number of halogens is 1. The standard InChI is InChI=1S/C28H32ClN3O3/c1-28(2)14-22-26(24(33)15-28)27(19-9-3-4-10-20(19)29)32(23-12-6-5-11-21(23)31-22)17-25(34)30-16-18-8-7-13-35-18/h3-6,9-12,18,27,31H,7-8,13-17H2,1-2H3,(H,30,34). The first-order valence-corrected chi connectivity index (χ1v) is 12.7. The quantitative estimate of drug-likeness (QED) is 0.595. The second-order valence-corrected chi connectivity index (χ2v) is 10.9. The summed E-state index contributed by atoms with van der Waals surface area (Å²) in [5, 5.41) is 7.19. The van der Waals surface area contributed by atoms with Gasteiger partial charge in [0.05, 0.1) is 30.1 Å². The van der Waals surface area contributed by atoms with Crippen LogP contribution in [0, 0.1) is 5.41 Å². The van der Waals surface area contributed by atoms with Crippen molar-refractivity contribution in [3.63, 3.8) is 0 Å². The number of rotatable bonds is 5. The molecule has 2 aromatic rings. The summed E-state index contributed by atoms with van der Waals surface area (Å²) in [7, 11) is 0. The Labute approximate surface area is 211 Å². The number of anilines is 2. The van der Waals surface area contributed by atoms with Crippen molar-refractivity contribution in [2.45, 2.75) is 51.7 Å². The molecule has 35 heavy (non-hydrogen) atoms. The van der Waals surface area contributed by atoms with E-state index < -0.39 is 6.04 Å². The summed E-state index contributed by atoms with van der Waals surface area (Å²) in [6.07, 6.45) is 3.23. The van der Waals surface area contributed by atoms with Crippen LogP contribution in [0.1, 0.15) is 51.1 Å². The number of hydrogen-bond donors (Lipinski definition) is 2. The van der Waals surface area contributed by atoms with E-state index in [1.165, 1.54) is 0 Å². The monoisotopic (exact) mass is 493 g/mol. The van der Waals surface area contributed by atoms with Crippen molar-refractivity contribution in [2.24, 2.45) is 5.41 Å². The molecular weight excluding hydrogens is 462 g/mol. The van der Waals surface area contributed by atoms with Crippen molar-refractivity contribution in [1.29, 1.82) is 0 Å². The number of carbonyl (C=O) groups excluding carboxylic acids is 2. The first-order chi connectivity index (χ1) is 16.8. The summed E-state index contributed by atoms with van der Waals surface area (Å²) in [6, 6.07) is 15.0. The predicted molar refractivity (Wildman–Crippen MR) is 139 cm³/mol. The number of amides is 1. The molecule has 0 bridgehead atoms. The van der Waals surface area contributed by atoms with Crippen molar-refractivity contribution in [1.82, 2.24) is 5.32 Å². The van der Waals surface area contributed by atoms with E-state index in [-0.39, 0.29) is 29.8 Å². The van der Waals surface area contributed by atoms with Gasteiger partial charge in [0.1, 0.15) is 0 Å². The summed E-state index contributed by atoms with van der Waals surface area (Å²) in [6.45, 7) is 5.57. The third kappa shape index (κ3) is 4.95. The van der Waals surface area contributed by atoms with Crippen LogP contribution in [-0.4, -0.2) is 37.5 Å². The van der Waals surface area contributed by atoms with Crippen LogP contribution < -0.4 is 15.5 Å². The van der Waals surface area contributed by atoms with Gasteiger partial charge < -0.3 is 20.3 Å². The molecule has 2 heterocycles. The SMILES string of the molecule is CC1(C)CC(=O)C2=C(C1)Nc1ccccc1N(CC(=O)NCC1CCCO1)C2c1ccccc1Cl. The van der Waals surface area contributed by atoms with Crippen LogP contribution in [0.5, 0.6) is 0 Å². The normalized spacial score (nSPS) is 23.3. The summed E-state index contributed by atoms with van der Waals surface area (Å²) < 4.78 is 5.67. The van der Waals surface area contributed by atoms with Crippen LogP contribution in [-0.2, 0) is 14.3 Å². The third-order valence-corrected chi connectivity index (χ3v) is 7.41. The molecule has 1 saturated heterocycles. The Kier molecular flexibility index (Phi) is 6.60. The van der Waals surface area contributed by atoms with Gasteiger partial charge in [-0.3, -0.25) is 9.59 Å². The molecule has 1 aliphatic carbocycles. The second-order valence-electron chi connectivity index (χ2n) is 10.5. The number of hydrogen-bond acceptors (Lipinski definition) is 5. The van der Waals surface area contributed by atoms with Crippen molar-refractivity contribution in [3.8, 4) is 0 Å². The number of ether oxygens (including phenoxy) is 1. The number of nitrogens with zero attached hydrogens (tertiary/aromatic N) is 1. The maximum absolute atomic E-state index is 13.7. The Morgan fingerprint density at radius 3 is 2.71 bits per heavy atom. The van der Waals surface area contributed by atoms with Crippen LogP contribution in [0.2, 0.25) is 5.02 Å². The highest BCUT2D eigenvalue weighted by molar-refractivity contribution is 6.31. The lowest BCUT2D eigenvalue weighted by Crippen LogP contribution is -2.43. The zero-order valence-corrected chi connectivity index (χ0v) is 21.0. The molecule has 7 heteroatoms. The van der Waals surface area contributed by atoms with E-state index in [1.54, 1.807) is 0 Å². The highest BCUT2D eigenvalue weighted by Gasteiger charge is 2.42. The van der Waals surface area contributed by atoms with Crippen molar-refractivity contribution in [3.05, 3.63) is 70.4 Å². The lowest BCUT2D eigenvalue weighted by molar-refractivity contribution is -0.121. The summed E-state index contributed by atoms with van der Waals surface area (Å²) in [4.78, 5) is 28.9. The van der Waals surface area contributed by atoms with Gasteiger partial charge in [0.2, 0.25) is 5.91 Å². The molecule has 2 aliphatic heterocycles. The van der Waals surface area contributed by atoms with E-state index in [4.69, 9.17) is 16.3 Å². The summed E-state index contributed by atoms with van der Waals surface area (Å²) >= 11 is 6.72. The lowest BCUT2D eigenvalue weighted by atomic mass is 9.73. The van der Waals surface area contributed by atoms with Gasteiger partial charge in [0, 0.05) is 35.9 Å². The number of benzene rings is 2. The van der Waals surface area contributed by atoms with E-state index >= 15 is 0 Å². The Hall–Kier alpha value is -2.83. The summed E-state index contributed by atoms with van der Waals surface area (Å²) in [5.74, 6) is -0.0220. The fourth-order valence-electron chi connectivity index (χ4n) is 5.49. The Bertz CT molecular complexity index is 1170. The molecule has 0 spiro atoms. The van der Waals surface area contributed by atoms with Crippen LogP contribution in [0.15, 0.2) is 59.8 Å². The zero-order chi connectivity index (χ0) is 24.6. The van der Waals surface area contributed by atoms with Crippen molar-refractivity contribution < 1.29 is 14.3 Å². The van der Waals surface area contributed by atoms with Gasteiger partial charge in [-0.1, -0.05) is 55.8 Å². The fourth-order valence-corrected chi connectivity index (χ4v) is 5.73. The van der Waals surface area contributed by atoms with Gasteiger partial charge in [-0.2, -0.15) is 0 Å². The molecule has 6 nitrogen and oxygen atoms in total. The van der Waals surface area contributed by atoms with Crippen LogP contribution in [0.25, 0.3) is 0 Å². The molecular formula is C28H32ClN3O3. The van der Waals surface area contributed by atoms with Gasteiger partial charge in [-0.05, 0) is 48.4 Å². The van der Waals surface area contributed by atoms with E-state index in [1.807, 2.05) is 53.4 Å². The largest absolute Gasteiger partial charge is 0.376 e. The smallest absolute Gasteiger partial charge is 0.239 e. The molecule has 2 aromatic carbocycles. The van der Waals surface area contributed by atoms with Crippen molar-refractivity contribution >= 4 is 34.7 Å². The minimum atomic E-state index is -0.480. The van der Waals surface area contributed by atoms with E-state index in [2.05, 4.69) is 24.5 Å². The van der Waals surface area contributed by atoms with Gasteiger partial charge in [0.15, 0.2) is 5.78 Å². The topological polar surface area (TPSA) is 70.7 Å². The first kappa shape index (κ1) is 23.9. The molecule has 2 unspecified atom stereocenters. The molecule has 3 aliphatic rings. The van der Waals surface area contributed by atoms with E-state index in [0.717, 1.165) is 48.5 Å². The molecule has 0 radical (unpaired) electrons. The van der Waals surface area contributed by atoms with Gasteiger partial charge in [-0.15, -0.1) is 0 Å². The second kappa shape index (κ2) is 9.67. The maximum atomic E-state index is 13.7. The molecule has 0 saturated carbocycles. The number of carbonyl (C=O) groups is 2. The number of ketones is 1. The van der Waals surface area contributed by atoms with Gasteiger partial charge >= 0.3 is 0 Å². The van der Waals surface area contributed by atoms with E-state index in [0.29, 0.717) is 23.6 Å².